The van der Waals surface area contributed by atoms with Gasteiger partial charge in [-0.2, -0.15) is 0 Å². The van der Waals surface area contributed by atoms with Crippen LogP contribution in [0.15, 0.2) is 65.8 Å². The van der Waals surface area contributed by atoms with E-state index in [4.69, 9.17) is 9.47 Å². The van der Waals surface area contributed by atoms with Gasteiger partial charge in [-0.1, -0.05) is 60.7 Å². The molecule has 0 spiro atoms. The Hall–Kier alpha value is -3.02. The van der Waals surface area contributed by atoms with Gasteiger partial charge in [0.05, 0.1) is 5.18 Å². The summed E-state index contributed by atoms with van der Waals surface area (Å²) < 4.78 is 9.87. The van der Waals surface area contributed by atoms with E-state index in [9.17, 15) is 14.5 Å². The predicted molar refractivity (Wildman–Crippen MR) is 77.7 cm³/mol. The Kier molecular flexibility index (Phi) is 5.37. The summed E-state index contributed by atoms with van der Waals surface area (Å²) in [5, 5.41) is 2.14. The number of esters is 1. The molecule has 0 aliphatic heterocycles. The van der Waals surface area contributed by atoms with E-state index < -0.39 is 18.2 Å². The zero-order valence-electron chi connectivity index (χ0n) is 11.5. The van der Waals surface area contributed by atoms with Crippen molar-refractivity contribution < 1.29 is 19.1 Å². The predicted octanol–water partition coefficient (Wildman–Crippen LogP) is 3.37. The molecule has 2 aromatic rings. The lowest BCUT2D eigenvalue weighted by atomic mass is 10.1. The number of carbonyl (C=O) groups is 2. The highest BCUT2D eigenvalue weighted by molar-refractivity contribution is 5.80. The first-order chi connectivity index (χ1) is 10.7. The molecular weight excluding hydrogens is 286 g/mol. The minimum absolute atomic E-state index is 0.0368. The van der Waals surface area contributed by atoms with Crippen LogP contribution >= 0.6 is 0 Å². The molecule has 112 valence electrons. The summed E-state index contributed by atoms with van der Waals surface area (Å²) in [5.74, 6) is -0.771. The molecule has 0 radical (unpaired) electrons. The Morgan fingerprint density at radius 1 is 0.955 bits per heavy atom. The molecule has 0 saturated carbocycles. The molecule has 0 heterocycles. The van der Waals surface area contributed by atoms with Crippen LogP contribution in [0.5, 0.6) is 0 Å². The van der Waals surface area contributed by atoms with Crippen LogP contribution in [0.2, 0.25) is 0 Å². The van der Waals surface area contributed by atoms with Gasteiger partial charge in [-0.15, -0.1) is 4.91 Å². The number of carbonyl (C=O) groups excluding carboxylic acids is 2. The quantitative estimate of drug-likeness (QED) is 0.624. The van der Waals surface area contributed by atoms with E-state index >= 15 is 0 Å². The van der Waals surface area contributed by atoms with Gasteiger partial charge >= 0.3 is 12.1 Å². The van der Waals surface area contributed by atoms with Crippen molar-refractivity contribution in [2.75, 3.05) is 0 Å². The van der Waals surface area contributed by atoms with Crippen LogP contribution in [0, 0.1) is 4.91 Å². The van der Waals surface area contributed by atoms with Gasteiger partial charge < -0.3 is 9.47 Å². The van der Waals surface area contributed by atoms with Crippen molar-refractivity contribution in [3.05, 3.63) is 76.7 Å². The van der Waals surface area contributed by atoms with Crippen molar-refractivity contribution in [1.29, 1.82) is 0 Å². The molecular formula is C16H13NO5. The van der Waals surface area contributed by atoms with Gasteiger partial charge in [-0.05, 0) is 5.56 Å². The van der Waals surface area contributed by atoms with Gasteiger partial charge in [-0.3, -0.25) is 0 Å². The third kappa shape index (κ3) is 4.24. The summed E-state index contributed by atoms with van der Waals surface area (Å²) in [6, 6.07) is 17.3. The van der Waals surface area contributed by atoms with Gasteiger partial charge in [0.25, 0.3) is 0 Å². The Morgan fingerprint density at radius 3 is 2.14 bits per heavy atom. The van der Waals surface area contributed by atoms with Crippen molar-refractivity contribution >= 4 is 12.1 Å². The summed E-state index contributed by atoms with van der Waals surface area (Å²) in [5.41, 5.74) is 1.19. The van der Waals surface area contributed by atoms with Crippen LogP contribution in [0.25, 0.3) is 0 Å². The van der Waals surface area contributed by atoms with Crippen LogP contribution in [-0.2, 0) is 20.9 Å². The number of ether oxygens (including phenoxy) is 2. The lowest BCUT2D eigenvalue weighted by molar-refractivity contribution is -0.155. The fourth-order valence-corrected chi connectivity index (χ4v) is 1.81. The second-order valence-electron chi connectivity index (χ2n) is 4.36. The summed E-state index contributed by atoms with van der Waals surface area (Å²) in [6.45, 7) is 0.0368. The van der Waals surface area contributed by atoms with E-state index in [0.717, 1.165) is 5.56 Å². The number of rotatable bonds is 5. The third-order valence-electron chi connectivity index (χ3n) is 2.83. The number of hydrogen-bond donors (Lipinski definition) is 0. The molecule has 0 aromatic heterocycles. The van der Waals surface area contributed by atoms with Crippen molar-refractivity contribution in [1.82, 2.24) is 0 Å². The lowest BCUT2D eigenvalue weighted by Gasteiger charge is -2.15. The van der Waals surface area contributed by atoms with Crippen LogP contribution in [-0.4, -0.2) is 12.1 Å². The van der Waals surface area contributed by atoms with Crippen LogP contribution in [0.1, 0.15) is 17.2 Å². The zero-order valence-corrected chi connectivity index (χ0v) is 11.5. The molecule has 0 saturated heterocycles. The van der Waals surface area contributed by atoms with Crippen molar-refractivity contribution in [3.8, 4) is 0 Å². The van der Waals surface area contributed by atoms with E-state index in [1.165, 1.54) is 0 Å². The first-order valence-corrected chi connectivity index (χ1v) is 6.50. The summed E-state index contributed by atoms with van der Waals surface area (Å²) in [7, 11) is 0. The maximum Gasteiger partial charge on any atom is 0.471 e. The van der Waals surface area contributed by atoms with Gasteiger partial charge in [0.2, 0.25) is 6.10 Å². The molecule has 0 aliphatic carbocycles. The minimum Gasteiger partial charge on any atom is -0.458 e. The molecule has 2 aromatic carbocycles. The smallest absolute Gasteiger partial charge is 0.458 e. The lowest BCUT2D eigenvalue weighted by Crippen LogP contribution is -2.20. The van der Waals surface area contributed by atoms with E-state index in [2.05, 4.69) is 5.18 Å². The number of hydrogen-bond acceptors (Lipinski definition) is 5. The second kappa shape index (κ2) is 7.68. The van der Waals surface area contributed by atoms with Crippen LogP contribution in [0.3, 0.4) is 0 Å². The fraction of sp³-hybridized carbons (Fsp3) is 0.125. The zero-order chi connectivity index (χ0) is 15.8. The molecule has 22 heavy (non-hydrogen) atoms. The van der Waals surface area contributed by atoms with Crippen molar-refractivity contribution in [2.24, 2.45) is 5.18 Å². The second-order valence-corrected chi connectivity index (χ2v) is 4.36. The average molecular weight is 299 g/mol. The number of nitrogens with zero attached hydrogens (tertiary/aromatic N) is 1. The molecule has 1 unspecified atom stereocenters. The Bertz CT molecular complexity index is 642. The highest BCUT2D eigenvalue weighted by Crippen LogP contribution is 2.20. The van der Waals surface area contributed by atoms with Crippen LogP contribution in [0.4, 0.5) is 4.79 Å². The maximum atomic E-state index is 12.1. The normalized spacial score (nSPS) is 11.3. The molecule has 0 N–H and O–H groups in total. The standard InChI is InChI=1S/C16H13NO5/c18-15(21-11-12-7-3-1-4-8-12)14(22-16(19)17-20)13-9-5-2-6-10-13/h1-10,14H,11H2. The SMILES string of the molecule is O=NC(=O)OC(C(=O)OCc1ccccc1)c1ccccc1. The molecule has 1 amide bonds. The molecule has 0 aliphatic rings. The molecule has 2 rings (SSSR count). The average Bonchev–Trinajstić information content (AvgIpc) is 2.59. The summed E-state index contributed by atoms with van der Waals surface area (Å²) in [6.07, 6.45) is -2.69. The van der Waals surface area contributed by atoms with Gasteiger partial charge in [0.1, 0.15) is 6.61 Å². The van der Waals surface area contributed by atoms with E-state index in [1.54, 1.807) is 42.5 Å². The largest absolute Gasteiger partial charge is 0.471 e. The molecule has 6 nitrogen and oxygen atoms in total. The first-order valence-electron chi connectivity index (χ1n) is 6.50. The Labute approximate surface area is 126 Å². The van der Waals surface area contributed by atoms with E-state index in [0.29, 0.717) is 5.56 Å². The first kappa shape index (κ1) is 15.4. The molecule has 6 heteroatoms. The monoisotopic (exact) mass is 299 g/mol. The molecule has 0 fully saturated rings. The summed E-state index contributed by atoms with van der Waals surface area (Å²) in [4.78, 5) is 33.4. The fourth-order valence-electron chi connectivity index (χ4n) is 1.81. The Morgan fingerprint density at radius 2 is 1.55 bits per heavy atom. The molecule has 0 bridgehead atoms. The van der Waals surface area contributed by atoms with Crippen molar-refractivity contribution in [3.63, 3.8) is 0 Å². The van der Waals surface area contributed by atoms with E-state index in [-0.39, 0.29) is 6.61 Å². The Balaban J connectivity index is 2.09. The highest BCUT2D eigenvalue weighted by atomic mass is 16.6. The minimum atomic E-state index is -1.37. The number of benzene rings is 2. The highest BCUT2D eigenvalue weighted by Gasteiger charge is 2.27. The maximum absolute atomic E-state index is 12.1. The number of amides is 1. The third-order valence-corrected chi connectivity index (χ3v) is 2.83. The van der Waals surface area contributed by atoms with Gasteiger partial charge in [0, 0.05) is 5.56 Å². The molecule has 1 atom stereocenters. The van der Waals surface area contributed by atoms with Crippen LogP contribution < -0.4 is 0 Å². The summed E-state index contributed by atoms with van der Waals surface area (Å²) >= 11 is 0. The van der Waals surface area contributed by atoms with E-state index in [1.807, 2.05) is 18.2 Å². The van der Waals surface area contributed by atoms with Gasteiger partial charge in [-0.25, -0.2) is 9.59 Å². The number of nitroso groups, excluding NO2 is 1. The van der Waals surface area contributed by atoms with Gasteiger partial charge in [0.15, 0.2) is 0 Å². The van der Waals surface area contributed by atoms with Crippen molar-refractivity contribution in [2.45, 2.75) is 12.7 Å². The topological polar surface area (TPSA) is 82.0 Å².